The zero-order chi connectivity index (χ0) is 14.4. The average Bonchev–Trinajstić information content (AvgIpc) is 2.97. The summed E-state index contributed by atoms with van der Waals surface area (Å²) in [4.78, 5) is 21.0. The summed E-state index contributed by atoms with van der Waals surface area (Å²) in [6, 6.07) is 10.9. The van der Waals surface area contributed by atoms with Gasteiger partial charge in [-0.25, -0.2) is 4.79 Å². The first-order chi connectivity index (χ1) is 9.66. The Morgan fingerprint density at radius 1 is 1.35 bits per heavy atom. The molecule has 106 valence electrons. The van der Waals surface area contributed by atoms with Crippen LogP contribution in [0.4, 0.5) is 4.79 Å². The number of ether oxygens (including phenoxy) is 1. The van der Waals surface area contributed by atoms with Crippen LogP contribution >= 0.6 is 19.4 Å². The summed E-state index contributed by atoms with van der Waals surface area (Å²) in [5.74, 6) is -0.908. The normalized spacial score (nSPS) is 13.4. The third kappa shape index (κ3) is 4.20. The first kappa shape index (κ1) is 14.8. The van der Waals surface area contributed by atoms with Crippen molar-refractivity contribution in [1.29, 1.82) is 0 Å². The van der Waals surface area contributed by atoms with Gasteiger partial charge in [-0.1, -0.05) is 30.3 Å². The Hall–Kier alpha value is -1.62. The first-order valence-electron chi connectivity index (χ1n) is 5.89. The molecule has 20 heavy (non-hydrogen) atoms. The Bertz CT molecular complexity index is 573. The van der Waals surface area contributed by atoms with E-state index in [1.165, 1.54) is 11.3 Å². The molecule has 0 bridgehead atoms. The van der Waals surface area contributed by atoms with E-state index in [4.69, 9.17) is 4.74 Å². The lowest BCUT2D eigenvalue weighted by atomic mass is 10.2. The van der Waals surface area contributed by atoms with Crippen LogP contribution < -0.4 is 5.32 Å². The van der Waals surface area contributed by atoms with E-state index in [-0.39, 0.29) is 6.61 Å². The highest BCUT2D eigenvalue weighted by Crippen LogP contribution is 2.36. The number of alkyl carbamates (subject to hydrolysis) is 1. The fourth-order valence-electron chi connectivity index (χ4n) is 1.61. The van der Waals surface area contributed by atoms with E-state index in [1.807, 2.05) is 30.3 Å². The monoisotopic (exact) mass is 311 g/mol. The SMILES string of the molecule is O=C(NC(c1ccsc1)[PH](=O)O)OCc1ccccc1. The Balaban J connectivity index is 1.91. The van der Waals surface area contributed by atoms with E-state index in [1.54, 1.807) is 16.8 Å². The molecule has 7 heteroatoms. The summed E-state index contributed by atoms with van der Waals surface area (Å²) in [5.41, 5.74) is 1.46. The molecule has 0 saturated carbocycles. The topological polar surface area (TPSA) is 75.6 Å². The van der Waals surface area contributed by atoms with Crippen molar-refractivity contribution in [1.82, 2.24) is 5.32 Å². The van der Waals surface area contributed by atoms with Gasteiger partial charge in [-0.15, -0.1) is 0 Å². The standard InChI is InChI=1S/C13H14NO4PS/c15-13(18-8-10-4-2-1-3-5-10)14-12(19(16)17)11-6-7-20-9-11/h1-7,9,12,19H,8H2,(H,14,15)(H,16,17). The highest BCUT2D eigenvalue weighted by molar-refractivity contribution is 7.38. The van der Waals surface area contributed by atoms with E-state index in [9.17, 15) is 14.3 Å². The molecule has 2 N–H and O–H groups in total. The van der Waals surface area contributed by atoms with Crippen LogP contribution in [-0.4, -0.2) is 11.0 Å². The van der Waals surface area contributed by atoms with Crippen LogP contribution in [0.15, 0.2) is 47.2 Å². The number of thiophene rings is 1. The Morgan fingerprint density at radius 3 is 2.70 bits per heavy atom. The van der Waals surface area contributed by atoms with Crippen molar-refractivity contribution >= 4 is 25.5 Å². The Morgan fingerprint density at radius 2 is 2.10 bits per heavy atom. The maximum Gasteiger partial charge on any atom is 0.408 e. The fourth-order valence-corrected chi connectivity index (χ4v) is 3.12. The third-order valence-corrected chi connectivity index (χ3v) is 4.27. The van der Waals surface area contributed by atoms with Gasteiger partial charge in [-0.2, -0.15) is 11.3 Å². The summed E-state index contributed by atoms with van der Waals surface area (Å²) in [5, 5.41) is 5.92. The van der Waals surface area contributed by atoms with Crippen LogP contribution in [0.2, 0.25) is 0 Å². The molecule has 2 rings (SSSR count). The largest absolute Gasteiger partial charge is 0.445 e. The molecule has 1 amide bonds. The molecule has 0 aliphatic heterocycles. The van der Waals surface area contributed by atoms with Crippen molar-refractivity contribution in [2.24, 2.45) is 0 Å². The van der Waals surface area contributed by atoms with Crippen molar-refractivity contribution in [3.05, 3.63) is 58.3 Å². The van der Waals surface area contributed by atoms with Crippen molar-refractivity contribution in [2.45, 2.75) is 12.4 Å². The summed E-state index contributed by atoms with van der Waals surface area (Å²) in [6.45, 7) is 0.120. The van der Waals surface area contributed by atoms with Gasteiger partial charge >= 0.3 is 6.09 Å². The maximum absolute atomic E-state index is 11.7. The second kappa shape index (κ2) is 7.24. The minimum absolute atomic E-state index is 0.120. The van der Waals surface area contributed by atoms with E-state index in [0.29, 0.717) is 5.56 Å². The number of carbonyl (C=O) groups excluding carboxylic acids is 1. The molecular weight excluding hydrogens is 297 g/mol. The van der Waals surface area contributed by atoms with Crippen molar-refractivity contribution in [3.8, 4) is 0 Å². The van der Waals surface area contributed by atoms with Gasteiger partial charge in [0.25, 0.3) is 0 Å². The van der Waals surface area contributed by atoms with Crippen LogP contribution in [0, 0.1) is 0 Å². The number of amides is 1. The molecule has 1 aromatic heterocycles. The average molecular weight is 311 g/mol. The molecule has 2 unspecified atom stereocenters. The molecule has 0 fully saturated rings. The molecule has 1 aromatic carbocycles. The summed E-state index contributed by atoms with van der Waals surface area (Å²) in [6.07, 6.45) is -0.711. The van der Waals surface area contributed by atoms with Crippen LogP contribution in [0.1, 0.15) is 16.9 Å². The van der Waals surface area contributed by atoms with Crippen LogP contribution in [0.25, 0.3) is 0 Å². The molecule has 0 radical (unpaired) electrons. The van der Waals surface area contributed by atoms with Crippen LogP contribution in [0.3, 0.4) is 0 Å². The predicted octanol–water partition coefficient (Wildman–Crippen LogP) is 3.14. The highest BCUT2D eigenvalue weighted by atomic mass is 32.1. The molecule has 0 saturated heterocycles. The molecule has 5 nitrogen and oxygen atoms in total. The smallest absolute Gasteiger partial charge is 0.408 e. The number of hydrogen-bond acceptors (Lipinski definition) is 4. The predicted molar refractivity (Wildman–Crippen MR) is 78.0 cm³/mol. The highest BCUT2D eigenvalue weighted by Gasteiger charge is 2.20. The summed E-state index contributed by atoms with van der Waals surface area (Å²) < 4.78 is 16.4. The zero-order valence-corrected chi connectivity index (χ0v) is 12.3. The molecular formula is C13H14NO4PS. The van der Waals surface area contributed by atoms with Crippen LogP contribution in [-0.2, 0) is 15.9 Å². The van der Waals surface area contributed by atoms with Crippen LogP contribution in [0.5, 0.6) is 0 Å². The van der Waals surface area contributed by atoms with Gasteiger partial charge in [0, 0.05) is 0 Å². The molecule has 1 heterocycles. The molecule has 0 aliphatic rings. The van der Waals surface area contributed by atoms with E-state index >= 15 is 0 Å². The van der Waals surface area contributed by atoms with Gasteiger partial charge in [-0.3, -0.25) is 4.57 Å². The zero-order valence-electron chi connectivity index (χ0n) is 10.5. The first-order valence-corrected chi connectivity index (χ1v) is 8.26. The van der Waals surface area contributed by atoms with E-state index in [0.717, 1.165) is 5.56 Å². The van der Waals surface area contributed by atoms with Crippen molar-refractivity contribution in [3.63, 3.8) is 0 Å². The second-order valence-electron chi connectivity index (χ2n) is 4.03. The van der Waals surface area contributed by atoms with E-state index < -0.39 is 19.9 Å². The van der Waals surface area contributed by atoms with Gasteiger partial charge in [0.15, 0.2) is 0 Å². The van der Waals surface area contributed by atoms with Gasteiger partial charge in [0.05, 0.1) is 0 Å². The Labute approximate surface area is 121 Å². The van der Waals surface area contributed by atoms with Crippen molar-refractivity contribution < 1.29 is 19.0 Å². The van der Waals surface area contributed by atoms with Gasteiger partial charge in [-0.05, 0) is 28.0 Å². The lowest BCUT2D eigenvalue weighted by Gasteiger charge is -2.14. The van der Waals surface area contributed by atoms with Gasteiger partial charge in [0.1, 0.15) is 12.4 Å². The summed E-state index contributed by atoms with van der Waals surface area (Å²) in [7, 11) is -2.93. The third-order valence-electron chi connectivity index (χ3n) is 2.60. The molecule has 0 spiro atoms. The van der Waals surface area contributed by atoms with Gasteiger partial charge < -0.3 is 14.9 Å². The fraction of sp³-hybridized carbons (Fsp3) is 0.154. The lowest BCUT2D eigenvalue weighted by Crippen LogP contribution is -2.27. The molecule has 0 aliphatic carbocycles. The number of hydrogen-bond donors (Lipinski definition) is 2. The minimum Gasteiger partial charge on any atom is -0.445 e. The molecule has 2 atom stereocenters. The Kier molecular flexibility index (Phi) is 5.35. The second-order valence-corrected chi connectivity index (χ2v) is 6.07. The maximum atomic E-state index is 11.7. The number of carbonyl (C=O) groups is 1. The lowest BCUT2D eigenvalue weighted by molar-refractivity contribution is 0.138. The summed E-state index contributed by atoms with van der Waals surface area (Å²) >= 11 is 1.40. The van der Waals surface area contributed by atoms with Gasteiger partial charge in [0.2, 0.25) is 8.03 Å². The molecule has 2 aromatic rings. The number of rotatable bonds is 5. The number of benzene rings is 1. The minimum atomic E-state index is -2.93. The van der Waals surface area contributed by atoms with Crippen molar-refractivity contribution in [2.75, 3.05) is 0 Å². The quantitative estimate of drug-likeness (QED) is 0.832. The number of nitrogens with one attached hydrogen (secondary N) is 1. The van der Waals surface area contributed by atoms with E-state index in [2.05, 4.69) is 5.32 Å².